The van der Waals surface area contributed by atoms with Gasteiger partial charge in [0.05, 0.1) is 18.2 Å². The van der Waals surface area contributed by atoms with Gasteiger partial charge in [0, 0.05) is 11.4 Å². The first-order valence-corrected chi connectivity index (χ1v) is 10.3. The monoisotopic (exact) mass is 381 g/mol. The van der Waals surface area contributed by atoms with E-state index < -0.39 is 6.10 Å². The molecule has 2 N–H and O–H groups in total. The molecule has 4 rings (SSSR count). The lowest BCUT2D eigenvalue weighted by molar-refractivity contribution is -0.149. The van der Waals surface area contributed by atoms with E-state index in [9.17, 15) is 10.1 Å². The highest BCUT2D eigenvalue weighted by atomic mass is 32.1. The number of rotatable bonds is 4. The summed E-state index contributed by atoms with van der Waals surface area (Å²) in [5, 5.41) is 9.87. The zero-order valence-corrected chi connectivity index (χ0v) is 16.0. The summed E-state index contributed by atoms with van der Waals surface area (Å²) in [5.74, 6) is 0.00392. The maximum absolute atomic E-state index is 13.4. The van der Waals surface area contributed by atoms with E-state index in [0.717, 1.165) is 28.8 Å². The van der Waals surface area contributed by atoms with Gasteiger partial charge in [0.15, 0.2) is 6.10 Å². The Kier molecular flexibility index (Phi) is 5.15. The highest BCUT2D eigenvalue weighted by molar-refractivity contribution is 7.16. The number of amides is 1. The second kappa shape index (κ2) is 7.71. The van der Waals surface area contributed by atoms with Crippen LogP contribution < -0.4 is 5.73 Å². The van der Waals surface area contributed by atoms with Crippen molar-refractivity contribution in [2.45, 2.75) is 50.9 Å². The molecule has 5 nitrogen and oxygen atoms in total. The molecule has 1 atom stereocenters. The van der Waals surface area contributed by atoms with Crippen LogP contribution in [0.5, 0.6) is 0 Å². The van der Waals surface area contributed by atoms with Crippen molar-refractivity contribution in [2.75, 3.05) is 12.3 Å². The normalized spacial score (nSPS) is 18.1. The van der Waals surface area contributed by atoms with Crippen LogP contribution >= 0.6 is 11.3 Å². The standard InChI is InChI=1S/C21H23N3O2S/c22-12-17-16-10-11-24(13-18(16)27-20(17)23)21(25)19(14-6-2-1-3-7-14)26-15-8-4-5-9-15/h1-3,6-7,15,19H,4-5,8-11,13,23H2/t19-/m0/s1. The van der Waals surface area contributed by atoms with Crippen molar-refractivity contribution in [2.24, 2.45) is 0 Å². The molecular weight excluding hydrogens is 358 g/mol. The predicted octanol–water partition coefficient (Wildman–Crippen LogP) is 3.79. The fourth-order valence-corrected chi connectivity index (χ4v) is 5.11. The highest BCUT2D eigenvalue weighted by Crippen LogP contribution is 2.36. The van der Waals surface area contributed by atoms with Crippen molar-refractivity contribution in [1.82, 2.24) is 4.90 Å². The van der Waals surface area contributed by atoms with Crippen LogP contribution in [0, 0.1) is 11.3 Å². The Morgan fingerprint density at radius 1 is 1.30 bits per heavy atom. The molecule has 2 heterocycles. The summed E-state index contributed by atoms with van der Waals surface area (Å²) >= 11 is 1.42. The third kappa shape index (κ3) is 3.58. The maximum atomic E-state index is 13.4. The maximum Gasteiger partial charge on any atom is 0.256 e. The molecular formula is C21H23N3O2S. The van der Waals surface area contributed by atoms with Gasteiger partial charge in [-0.05, 0) is 30.4 Å². The average molecular weight is 382 g/mol. The second-order valence-corrected chi connectivity index (χ2v) is 8.33. The number of nitrogens with two attached hydrogens (primary N) is 1. The minimum atomic E-state index is -0.566. The van der Waals surface area contributed by atoms with Gasteiger partial charge < -0.3 is 15.4 Å². The molecule has 6 heteroatoms. The molecule has 1 aliphatic heterocycles. The van der Waals surface area contributed by atoms with E-state index in [-0.39, 0.29) is 12.0 Å². The molecule has 2 aromatic rings. The molecule has 1 aliphatic carbocycles. The Bertz CT molecular complexity index is 866. The van der Waals surface area contributed by atoms with Gasteiger partial charge >= 0.3 is 0 Å². The molecule has 1 aromatic heterocycles. The van der Waals surface area contributed by atoms with Gasteiger partial charge in [-0.3, -0.25) is 4.79 Å². The molecule has 1 fully saturated rings. The number of nitrogen functional groups attached to an aromatic ring is 1. The second-order valence-electron chi connectivity index (χ2n) is 7.20. The zero-order chi connectivity index (χ0) is 18.8. The molecule has 1 saturated carbocycles. The van der Waals surface area contributed by atoms with Crippen LogP contribution in [0.2, 0.25) is 0 Å². The number of ether oxygens (including phenoxy) is 1. The summed E-state index contributed by atoms with van der Waals surface area (Å²) in [6.07, 6.45) is 4.63. The number of hydrogen-bond acceptors (Lipinski definition) is 5. The van der Waals surface area contributed by atoms with Gasteiger partial charge in [0.25, 0.3) is 5.91 Å². The van der Waals surface area contributed by atoms with Crippen molar-refractivity contribution in [3.63, 3.8) is 0 Å². The molecule has 27 heavy (non-hydrogen) atoms. The molecule has 0 radical (unpaired) electrons. The van der Waals surface area contributed by atoms with E-state index in [1.165, 1.54) is 24.2 Å². The average Bonchev–Trinajstić information content (AvgIpc) is 3.32. The molecule has 1 aromatic carbocycles. The zero-order valence-electron chi connectivity index (χ0n) is 15.2. The van der Waals surface area contributed by atoms with Crippen LogP contribution in [0.25, 0.3) is 0 Å². The number of carbonyl (C=O) groups is 1. The minimum Gasteiger partial charge on any atom is -0.389 e. The first-order chi connectivity index (χ1) is 13.2. The lowest BCUT2D eigenvalue weighted by Crippen LogP contribution is -2.40. The van der Waals surface area contributed by atoms with Crippen LogP contribution in [-0.2, 0) is 22.5 Å². The largest absolute Gasteiger partial charge is 0.389 e. The first kappa shape index (κ1) is 18.0. The summed E-state index contributed by atoms with van der Waals surface area (Å²) in [6, 6.07) is 12.0. The number of anilines is 1. The van der Waals surface area contributed by atoms with Crippen LogP contribution in [-0.4, -0.2) is 23.5 Å². The summed E-state index contributed by atoms with van der Waals surface area (Å²) in [7, 11) is 0. The number of thiophene rings is 1. The number of fused-ring (bicyclic) bond motifs is 1. The molecule has 140 valence electrons. The van der Waals surface area contributed by atoms with Gasteiger partial charge in [-0.1, -0.05) is 43.2 Å². The third-order valence-corrected chi connectivity index (χ3v) is 6.51. The Balaban J connectivity index is 1.57. The summed E-state index contributed by atoms with van der Waals surface area (Å²) < 4.78 is 6.29. The van der Waals surface area contributed by atoms with Crippen LogP contribution in [0.1, 0.15) is 53.4 Å². The van der Waals surface area contributed by atoms with Crippen LogP contribution in [0.4, 0.5) is 5.00 Å². The first-order valence-electron chi connectivity index (χ1n) is 9.46. The minimum absolute atomic E-state index is 0.00392. The fraction of sp³-hybridized carbons (Fsp3) is 0.429. The van der Waals surface area contributed by atoms with Crippen molar-refractivity contribution in [3.05, 3.63) is 51.9 Å². The van der Waals surface area contributed by atoms with Gasteiger partial charge in [-0.15, -0.1) is 11.3 Å². The van der Waals surface area contributed by atoms with Gasteiger partial charge in [0.1, 0.15) is 11.1 Å². The molecule has 1 amide bonds. The molecule has 0 saturated heterocycles. The topological polar surface area (TPSA) is 79.4 Å². The van der Waals surface area contributed by atoms with Gasteiger partial charge in [-0.25, -0.2) is 0 Å². The van der Waals surface area contributed by atoms with E-state index in [2.05, 4.69) is 6.07 Å². The predicted molar refractivity (Wildman–Crippen MR) is 105 cm³/mol. The highest BCUT2D eigenvalue weighted by Gasteiger charge is 2.33. The Labute approximate surface area is 163 Å². The molecule has 0 unspecified atom stereocenters. The van der Waals surface area contributed by atoms with Crippen molar-refractivity contribution in [1.29, 1.82) is 5.26 Å². The Morgan fingerprint density at radius 3 is 2.74 bits per heavy atom. The summed E-state index contributed by atoms with van der Waals surface area (Å²) in [5.41, 5.74) is 8.49. The summed E-state index contributed by atoms with van der Waals surface area (Å²) in [4.78, 5) is 16.2. The molecule has 0 spiro atoms. The third-order valence-electron chi connectivity index (χ3n) is 5.46. The smallest absolute Gasteiger partial charge is 0.256 e. The SMILES string of the molecule is N#Cc1c(N)sc2c1CCN(C(=O)[C@@H](OC1CCCC1)c1ccccc1)C2. The van der Waals surface area contributed by atoms with Crippen molar-refractivity contribution < 1.29 is 9.53 Å². The van der Waals surface area contributed by atoms with Gasteiger partial charge in [0.2, 0.25) is 0 Å². The van der Waals surface area contributed by atoms with E-state index >= 15 is 0 Å². The lowest BCUT2D eigenvalue weighted by atomic mass is 10.0. The van der Waals surface area contributed by atoms with E-state index in [4.69, 9.17) is 10.5 Å². The number of benzene rings is 1. The fourth-order valence-electron chi connectivity index (χ4n) is 4.03. The van der Waals surface area contributed by atoms with E-state index in [1.54, 1.807) is 0 Å². The molecule has 2 aliphatic rings. The van der Waals surface area contributed by atoms with Crippen LogP contribution in [0.15, 0.2) is 30.3 Å². The van der Waals surface area contributed by atoms with Crippen molar-refractivity contribution in [3.8, 4) is 6.07 Å². The Morgan fingerprint density at radius 2 is 2.04 bits per heavy atom. The van der Waals surface area contributed by atoms with Gasteiger partial charge in [-0.2, -0.15) is 5.26 Å². The lowest BCUT2D eigenvalue weighted by Gasteiger charge is -2.31. The number of nitriles is 1. The van der Waals surface area contributed by atoms with Crippen molar-refractivity contribution >= 4 is 22.2 Å². The quantitative estimate of drug-likeness (QED) is 0.874. The Hall–Kier alpha value is -2.36. The summed E-state index contributed by atoms with van der Waals surface area (Å²) in [6.45, 7) is 1.09. The van der Waals surface area contributed by atoms with Crippen LogP contribution in [0.3, 0.4) is 0 Å². The van der Waals surface area contributed by atoms with E-state index in [1.807, 2.05) is 35.2 Å². The van der Waals surface area contributed by atoms with E-state index in [0.29, 0.717) is 30.1 Å². The molecule has 0 bridgehead atoms. The number of hydrogen-bond donors (Lipinski definition) is 1. The number of nitrogens with zero attached hydrogens (tertiary/aromatic N) is 2. The number of carbonyl (C=O) groups excluding carboxylic acids is 1.